The highest BCUT2D eigenvalue weighted by Crippen LogP contribution is 2.32. The molecule has 1 aliphatic heterocycles. The molecular formula is C28H31F3N4O3. The van der Waals surface area contributed by atoms with Gasteiger partial charge in [-0.25, -0.2) is 0 Å². The first-order valence-corrected chi connectivity index (χ1v) is 12.4. The van der Waals surface area contributed by atoms with Gasteiger partial charge in [0.1, 0.15) is 12.3 Å². The molecule has 4 N–H and O–H groups in total. The Hall–Kier alpha value is -3.84. The van der Waals surface area contributed by atoms with Crippen molar-refractivity contribution in [3.63, 3.8) is 0 Å². The van der Waals surface area contributed by atoms with E-state index < -0.39 is 18.6 Å². The van der Waals surface area contributed by atoms with E-state index in [1.807, 2.05) is 19.9 Å². The number of hydrogen-bond donors (Lipinski definition) is 3. The smallest absolute Gasteiger partial charge is 0.406 e. The van der Waals surface area contributed by atoms with Crippen LogP contribution in [0.2, 0.25) is 0 Å². The van der Waals surface area contributed by atoms with Gasteiger partial charge in [0.05, 0.1) is 42.8 Å². The number of rotatable bonds is 7. The van der Waals surface area contributed by atoms with E-state index in [4.69, 9.17) is 15.2 Å². The second-order valence-corrected chi connectivity index (χ2v) is 9.47. The SMILES string of the molecule is COc1cc(C(N)=O)ccc1NCC#Cc1cc2c(NC3C[C@@H](C)O[C@@H](C)C3)cccc2n1CC(F)(F)F. The van der Waals surface area contributed by atoms with Crippen molar-refractivity contribution in [2.45, 2.75) is 57.7 Å². The maximum absolute atomic E-state index is 13.5. The summed E-state index contributed by atoms with van der Waals surface area (Å²) >= 11 is 0. The number of amides is 1. The molecule has 38 heavy (non-hydrogen) atoms. The Morgan fingerprint density at radius 1 is 1.16 bits per heavy atom. The van der Waals surface area contributed by atoms with Gasteiger partial charge in [-0.15, -0.1) is 0 Å². The number of hydrogen-bond acceptors (Lipinski definition) is 5. The van der Waals surface area contributed by atoms with Crippen molar-refractivity contribution in [1.82, 2.24) is 4.57 Å². The second-order valence-electron chi connectivity index (χ2n) is 9.47. The van der Waals surface area contributed by atoms with E-state index in [9.17, 15) is 18.0 Å². The number of nitrogens with one attached hydrogen (secondary N) is 2. The van der Waals surface area contributed by atoms with E-state index in [1.165, 1.54) is 17.7 Å². The van der Waals surface area contributed by atoms with Gasteiger partial charge in [-0.1, -0.05) is 12.0 Å². The lowest BCUT2D eigenvalue weighted by Crippen LogP contribution is -2.36. The van der Waals surface area contributed by atoms with Crippen molar-refractivity contribution >= 4 is 28.2 Å². The van der Waals surface area contributed by atoms with E-state index in [1.54, 1.807) is 30.3 Å². The number of nitrogens with zero attached hydrogens (tertiary/aromatic N) is 1. The number of carbonyl (C=O) groups excluding carboxylic acids is 1. The summed E-state index contributed by atoms with van der Waals surface area (Å²) < 4.78 is 52.8. The lowest BCUT2D eigenvalue weighted by atomic mass is 9.99. The average Bonchev–Trinajstić information content (AvgIpc) is 3.18. The second kappa shape index (κ2) is 11.3. The van der Waals surface area contributed by atoms with Crippen LogP contribution in [-0.2, 0) is 11.3 Å². The molecule has 0 spiro atoms. The fraction of sp³-hybridized carbons (Fsp3) is 0.393. The van der Waals surface area contributed by atoms with Crippen molar-refractivity contribution in [3.05, 3.63) is 53.7 Å². The van der Waals surface area contributed by atoms with E-state index >= 15 is 0 Å². The molecule has 2 aromatic carbocycles. The van der Waals surface area contributed by atoms with Crippen molar-refractivity contribution in [2.24, 2.45) is 5.73 Å². The van der Waals surface area contributed by atoms with Crippen LogP contribution in [0.3, 0.4) is 0 Å². The molecule has 0 bridgehead atoms. The molecule has 1 aliphatic rings. The van der Waals surface area contributed by atoms with Crippen LogP contribution in [0.4, 0.5) is 24.5 Å². The number of primary amides is 1. The molecule has 1 fully saturated rings. The summed E-state index contributed by atoms with van der Waals surface area (Å²) in [6.45, 7) is 3.04. The molecule has 3 atom stereocenters. The Balaban J connectivity index is 1.60. The zero-order valence-electron chi connectivity index (χ0n) is 21.5. The highest BCUT2D eigenvalue weighted by atomic mass is 19.4. The molecule has 4 rings (SSSR count). The summed E-state index contributed by atoms with van der Waals surface area (Å²) in [5, 5.41) is 7.27. The molecule has 1 amide bonds. The third-order valence-electron chi connectivity index (χ3n) is 6.41. The number of benzene rings is 2. The highest BCUT2D eigenvalue weighted by Gasteiger charge is 2.30. The quantitative estimate of drug-likeness (QED) is 0.370. The average molecular weight is 529 g/mol. The van der Waals surface area contributed by atoms with Crippen LogP contribution >= 0.6 is 0 Å². The number of carbonyl (C=O) groups is 1. The topological polar surface area (TPSA) is 90.5 Å². The van der Waals surface area contributed by atoms with Crippen LogP contribution in [0.1, 0.15) is 42.7 Å². The van der Waals surface area contributed by atoms with Crippen LogP contribution in [0, 0.1) is 11.8 Å². The normalized spacial score (nSPS) is 19.5. The summed E-state index contributed by atoms with van der Waals surface area (Å²) in [6.07, 6.45) is -2.58. The largest absolute Gasteiger partial charge is 0.495 e. The van der Waals surface area contributed by atoms with Gasteiger partial charge in [-0.05, 0) is 69.0 Å². The molecule has 0 radical (unpaired) electrons. The Labute approximate surface area is 219 Å². The summed E-state index contributed by atoms with van der Waals surface area (Å²) in [6, 6.07) is 11.9. The predicted molar refractivity (Wildman–Crippen MR) is 142 cm³/mol. The summed E-state index contributed by atoms with van der Waals surface area (Å²) in [5.41, 5.74) is 7.68. The molecule has 0 aliphatic carbocycles. The van der Waals surface area contributed by atoms with Crippen LogP contribution in [-0.4, -0.2) is 48.6 Å². The molecule has 2 heterocycles. The minimum atomic E-state index is -4.41. The predicted octanol–water partition coefficient (Wildman–Crippen LogP) is 5.14. The maximum Gasteiger partial charge on any atom is 0.406 e. The van der Waals surface area contributed by atoms with Crippen LogP contribution < -0.4 is 21.1 Å². The Bertz CT molecular complexity index is 1360. The standard InChI is InChI=1S/C28H31F3N4O3/c1-17-12-20(13-18(2)38-17)34-23-7-4-8-25-22(23)15-21(35(25)16-28(29,30)31)6-5-11-33-24-10-9-19(27(32)36)14-26(24)37-3/h4,7-10,14-15,17-18,20,33-34H,11-13,16H2,1-3H3,(H2,32,36)/t17-,18+,20?. The van der Waals surface area contributed by atoms with Gasteiger partial charge in [0.25, 0.3) is 0 Å². The fourth-order valence-electron chi connectivity index (χ4n) is 4.87. The van der Waals surface area contributed by atoms with Gasteiger partial charge in [0, 0.05) is 22.7 Å². The van der Waals surface area contributed by atoms with Gasteiger partial charge >= 0.3 is 6.18 Å². The monoisotopic (exact) mass is 528 g/mol. The molecule has 0 saturated carbocycles. The fourth-order valence-corrected chi connectivity index (χ4v) is 4.87. The first-order valence-electron chi connectivity index (χ1n) is 12.4. The van der Waals surface area contributed by atoms with Gasteiger partial charge in [0.15, 0.2) is 0 Å². The zero-order valence-corrected chi connectivity index (χ0v) is 21.5. The number of methoxy groups -OCH3 is 1. The first kappa shape index (κ1) is 27.2. The zero-order chi connectivity index (χ0) is 27.4. The molecule has 1 aromatic heterocycles. The number of halogens is 3. The molecule has 1 saturated heterocycles. The van der Waals surface area contributed by atoms with E-state index in [0.717, 1.165) is 18.5 Å². The molecule has 7 nitrogen and oxygen atoms in total. The van der Waals surface area contributed by atoms with Crippen molar-refractivity contribution in [3.8, 4) is 17.6 Å². The molecule has 10 heteroatoms. The highest BCUT2D eigenvalue weighted by molar-refractivity contribution is 5.94. The van der Waals surface area contributed by atoms with Gasteiger partial charge < -0.3 is 30.4 Å². The van der Waals surface area contributed by atoms with Gasteiger partial charge in [-0.2, -0.15) is 13.2 Å². The number of ether oxygens (including phenoxy) is 2. The van der Waals surface area contributed by atoms with Crippen molar-refractivity contribution in [2.75, 3.05) is 24.3 Å². The number of aromatic nitrogens is 1. The van der Waals surface area contributed by atoms with Crippen molar-refractivity contribution in [1.29, 1.82) is 0 Å². The van der Waals surface area contributed by atoms with E-state index in [0.29, 0.717) is 27.9 Å². The number of fused-ring (bicyclic) bond motifs is 1. The summed E-state index contributed by atoms with van der Waals surface area (Å²) in [7, 11) is 1.46. The lowest BCUT2D eigenvalue weighted by Gasteiger charge is -2.33. The first-order chi connectivity index (χ1) is 18.0. The number of anilines is 2. The third kappa shape index (κ3) is 6.53. The van der Waals surface area contributed by atoms with E-state index in [2.05, 4.69) is 22.5 Å². The third-order valence-corrected chi connectivity index (χ3v) is 6.41. The molecule has 202 valence electrons. The maximum atomic E-state index is 13.5. The van der Waals surface area contributed by atoms with Crippen molar-refractivity contribution < 1.29 is 27.4 Å². The minimum Gasteiger partial charge on any atom is -0.495 e. The molecule has 3 aromatic rings. The van der Waals surface area contributed by atoms with Crippen LogP contribution in [0.25, 0.3) is 10.9 Å². The van der Waals surface area contributed by atoms with Crippen LogP contribution in [0.15, 0.2) is 42.5 Å². The van der Waals surface area contributed by atoms with E-state index in [-0.39, 0.29) is 30.5 Å². The van der Waals surface area contributed by atoms with Gasteiger partial charge in [-0.3, -0.25) is 4.79 Å². The Morgan fingerprint density at radius 3 is 2.55 bits per heavy atom. The van der Waals surface area contributed by atoms with Gasteiger partial charge in [0.2, 0.25) is 5.91 Å². The minimum absolute atomic E-state index is 0.102. The number of nitrogens with two attached hydrogens (primary N) is 1. The van der Waals surface area contributed by atoms with Crippen LogP contribution in [0.5, 0.6) is 5.75 Å². The summed E-state index contributed by atoms with van der Waals surface area (Å²) in [4.78, 5) is 11.4. The Kier molecular flexibility index (Phi) is 8.07. The Morgan fingerprint density at radius 2 is 1.89 bits per heavy atom. The molecular weight excluding hydrogens is 497 g/mol. The molecule has 1 unspecified atom stereocenters. The lowest BCUT2D eigenvalue weighted by molar-refractivity contribution is -0.140. The number of alkyl halides is 3. The summed E-state index contributed by atoms with van der Waals surface area (Å²) in [5.74, 6) is 5.62.